The van der Waals surface area contributed by atoms with Crippen LogP contribution in [-0.2, 0) is 12.3 Å². The number of rotatable bonds is 4. The maximum atomic E-state index is 11.8. The number of fused-ring (bicyclic) bond motifs is 1. The van der Waals surface area contributed by atoms with Crippen molar-refractivity contribution in [2.45, 2.75) is 19.2 Å². The molecule has 6 heteroatoms. The van der Waals surface area contributed by atoms with Gasteiger partial charge < -0.3 is 10.2 Å². The van der Waals surface area contributed by atoms with Crippen LogP contribution in [0.5, 0.6) is 0 Å². The number of nitrogens with zero attached hydrogens (tertiary/aromatic N) is 1. The average molecular weight is 373 g/mol. The summed E-state index contributed by atoms with van der Waals surface area (Å²) in [5.41, 5.74) is 8.93. The van der Waals surface area contributed by atoms with Gasteiger partial charge in [-0.25, -0.2) is 4.79 Å². The highest BCUT2D eigenvalue weighted by Crippen LogP contribution is 2.27. The number of halogens is 1. The lowest BCUT2D eigenvalue weighted by atomic mass is 10.1. The van der Waals surface area contributed by atoms with Gasteiger partial charge in [-0.15, -0.1) is 0 Å². The topological polar surface area (TPSA) is 68.6 Å². The first kappa shape index (κ1) is 17.6. The third kappa shape index (κ3) is 4.44. The Labute approximate surface area is 154 Å². The largest absolute Gasteiger partial charge is 0.423 e. The molecule has 0 aliphatic rings. The van der Waals surface area contributed by atoms with Gasteiger partial charge in [-0.2, -0.15) is 0 Å². The fourth-order valence-corrected chi connectivity index (χ4v) is 3.28. The normalized spacial score (nSPS) is 11.8. The number of thioether (sulfide) groups is 1. The Bertz CT molecular complexity index is 984. The van der Waals surface area contributed by atoms with E-state index in [4.69, 9.17) is 21.8 Å². The van der Waals surface area contributed by atoms with Crippen molar-refractivity contribution in [3.05, 3.63) is 80.7 Å². The zero-order chi connectivity index (χ0) is 17.8. The van der Waals surface area contributed by atoms with Gasteiger partial charge in [0.1, 0.15) is 5.58 Å². The zero-order valence-electron chi connectivity index (χ0n) is 13.7. The van der Waals surface area contributed by atoms with Crippen molar-refractivity contribution in [2.24, 2.45) is 10.7 Å². The Morgan fingerprint density at radius 2 is 2.00 bits per heavy atom. The van der Waals surface area contributed by atoms with Crippen LogP contribution in [0.25, 0.3) is 11.0 Å². The fourth-order valence-electron chi connectivity index (χ4n) is 2.42. The van der Waals surface area contributed by atoms with Gasteiger partial charge in [-0.1, -0.05) is 53.7 Å². The van der Waals surface area contributed by atoms with Gasteiger partial charge in [0, 0.05) is 22.2 Å². The molecule has 0 radical (unpaired) electrons. The van der Waals surface area contributed by atoms with Crippen LogP contribution in [0.1, 0.15) is 16.7 Å². The summed E-state index contributed by atoms with van der Waals surface area (Å²) in [5.74, 6) is 0.519. The molecule has 0 spiro atoms. The molecule has 0 atom stereocenters. The molecule has 0 bridgehead atoms. The average Bonchev–Trinajstić information content (AvgIpc) is 2.60. The quantitative estimate of drug-likeness (QED) is 0.416. The molecule has 4 nitrogen and oxygen atoms in total. The molecule has 0 unspecified atom stereocenters. The Morgan fingerprint density at radius 1 is 1.24 bits per heavy atom. The second-order valence-corrected chi connectivity index (χ2v) is 7.02. The highest BCUT2D eigenvalue weighted by atomic mass is 35.5. The Kier molecular flexibility index (Phi) is 5.46. The molecule has 2 aromatic carbocycles. The molecule has 2 N–H and O–H groups in total. The first-order valence-corrected chi connectivity index (χ1v) is 9.09. The summed E-state index contributed by atoms with van der Waals surface area (Å²) in [6, 6.07) is 15.0. The predicted octanol–water partition coefficient (Wildman–Crippen LogP) is 4.50. The Morgan fingerprint density at radius 3 is 2.76 bits per heavy atom. The standard InChI is InChI=1S/C19H17ClN2O2S/c1-12-7-17-15(9-16(12)20)14(8-18(23)24-17)11-25-19(21)22-10-13-5-3-2-4-6-13/h2-9H,10-11H2,1H3,(H2,21,22). The summed E-state index contributed by atoms with van der Waals surface area (Å²) in [7, 11) is 0. The zero-order valence-corrected chi connectivity index (χ0v) is 15.2. The minimum atomic E-state index is -0.385. The summed E-state index contributed by atoms with van der Waals surface area (Å²) in [4.78, 5) is 16.2. The molecular weight excluding hydrogens is 356 g/mol. The number of nitrogens with two attached hydrogens (primary N) is 1. The number of aliphatic imine (C=N–C) groups is 1. The monoisotopic (exact) mass is 372 g/mol. The van der Waals surface area contributed by atoms with Crippen LogP contribution in [0, 0.1) is 6.92 Å². The number of benzene rings is 2. The fraction of sp³-hybridized carbons (Fsp3) is 0.158. The summed E-state index contributed by atoms with van der Waals surface area (Å²) in [6.07, 6.45) is 0. The number of hydrogen-bond acceptors (Lipinski definition) is 4. The van der Waals surface area contributed by atoms with Crippen LogP contribution in [0.2, 0.25) is 5.02 Å². The van der Waals surface area contributed by atoms with E-state index in [1.54, 1.807) is 6.07 Å². The summed E-state index contributed by atoms with van der Waals surface area (Å²) < 4.78 is 5.27. The Hall–Kier alpha value is -2.24. The molecule has 25 heavy (non-hydrogen) atoms. The minimum absolute atomic E-state index is 0.385. The highest BCUT2D eigenvalue weighted by molar-refractivity contribution is 8.13. The second-order valence-electron chi connectivity index (χ2n) is 5.62. The van der Waals surface area contributed by atoms with Gasteiger partial charge in [-0.05, 0) is 35.7 Å². The minimum Gasteiger partial charge on any atom is -0.423 e. The van der Waals surface area contributed by atoms with E-state index in [1.807, 2.05) is 43.3 Å². The molecule has 1 aromatic heterocycles. The predicted molar refractivity (Wildman–Crippen MR) is 105 cm³/mol. The molecule has 3 rings (SSSR count). The lowest BCUT2D eigenvalue weighted by molar-refractivity contribution is 0.559. The van der Waals surface area contributed by atoms with E-state index in [2.05, 4.69) is 4.99 Å². The van der Waals surface area contributed by atoms with Crippen molar-refractivity contribution in [3.8, 4) is 0 Å². The molecule has 0 saturated heterocycles. The first-order chi connectivity index (χ1) is 12.0. The maximum absolute atomic E-state index is 11.8. The van der Waals surface area contributed by atoms with Gasteiger partial charge in [-0.3, -0.25) is 4.99 Å². The van der Waals surface area contributed by atoms with E-state index < -0.39 is 0 Å². The molecule has 0 saturated carbocycles. The maximum Gasteiger partial charge on any atom is 0.336 e. The molecular formula is C19H17ClN2O2S. The van der Waals surface area contributed by atoms with Crippen LogP contribution >= 0.6 is 23.4 Å². The summed E-state index contributed by atoms with van der Waals surface area (Å²) >= 11 is 7.59. The van der Waals surface area contributed by atoms with E-state index in [0.717, 1.165) is 22.1 Å². The molecule has 128 valence electrons. The third-order valence-corrected chi connectivity index (χ3v) is 5.03. The SMILES string of the molecule is Cc1cc2oc(=O)cc(CSC(N)=NCc3ccccc3)c2cc1Cl. The van der Waals surface area contributed by atoms with E-state index in [9.17, 15) is 4.79 Å². The molecule has 3 aromatic rings. The van der Waals surface area contributed by atoms with Crippen LogP contribution in [0.3, 0.4) is 0 Å². The number of amidine groups is 1. The van der Waals surface area contributed by atoms with Gasteiger partial charge in [0.25, 0.3) is 0 Å². The lowest BCUT2D eigenvalue weighted by Gasteiger charge is -2.07. The first-order valence-electron chi connectivity index (χ1n) is 7.72. The number of hydrogen-bond donors (Lipinski definition) is 1. The van der Waals surface area contributed by atoms with Gasteiger partial charge in [0.05, 0.1) is 6.54 Å². The van der Waals surface area contributed by atoms with Crippen molar-refractivity contribution in [2.75, 3.05) is 0 Å². The van der Waals surface area contributed by atoms with E-state index in [0.29, 0.717) is 28.1 Å². The highest BCUT2D eigenvalue weighted by Gasteiger charge is 2.09. The smallest absolute Gasteiger partial charge is 0.336 e. The Balaban J connectivity index is 1.78. The lowest BCUT2D eigenvalue weighted by Crippen LogP contribution is -2.08. The van der Waals surface area contributed by atoms with Crippen LogP contribution < -0.4 is 11.4 Å². The van der Waals surface area contributed by atoms with E-state index in [-0.39, 0.29) is 5.63 Å². The molecule has 1 heterocycles. The second kappa shape index (κ2) is 7.76. The van der Waals surface area contributed by atoms with Crippen molar-refractivity contribution < 1.29 is 4.42 Å². The van der Waals surface area contributed by atoms with Crippen LogP contribution in [0.4, 0.5) is 0 Å². The summed E-state index contributed by atoms with van der Waals surface area (Å²) in [6.45, 7) is 2.40. The van der Waals surface area contributed by atoms with Gasteiger partial charge in [0.15, 0.2) is 5.17 Å². The van der Waals surface area contributed by atoms with Gasteiger partial charge in [0.2, 0.25) is 0 Å². The van der Waals surface area contributed by atoms with Crippen LogP contribution in [0.15, 0.2) is 62.7 Å². The number of aryl methyl sites for hydroxylation is 1. The van der Waals surface area contributed by atoms with Crippen LogP contribution in [-0.4, -0.2) is 5.17 Å². The van der Waals surface area contributed by atoms with E-state index in [1.165, 1.54) is 17.8 Å². The van der Waals surface area contributed by atoms with Crippen molar-refractivity contribution >= 4 is 39.5 Å². The van der Waals surface area contributed by atoms with Gasteiger partial charge >= 0.3 is 5.63 Å². The molecule has 0 fully saturated rings. The molecule has 0 aliphatic carbocycles. The molecule has 0 aliphatic heterocycles. The van der Waals surface area contributed by atoms with Crippen molar-refractivity contribution in [1.82, 2.24) is 0 Å². The van der Waals surface area contributed by atoms with Crippen molar-refractivity contribution in [1.29, 1.82) is 0 Å². The van der Waals surface area contributed by atoms with Crippen molar-refractivity contribution in [3.63, 3.8) is 0 Å². The third-order valence-electron chi connectivity index (χ3n) is 3.75. The van der Waals surface area contributed by atoms with E-state index >= 15 is 0 Å². The molecule has 0 amide bonds. The summed E-state index contributed by atoms with van der Waals surface area (Å²) in [5, 5.41) is 1.93.